The predicted molar refractivity (Wildman–Crippen MR) is 153 cm³/mol. The summed E-state index contributed by atoms with van der Waals surface area (Å²) < 4.78 is 19.3. The van der Waals surface area contributed by atoms with Crippen LogP contribution in [0.3, 0.4) is 0 Å². The van der Waals surface area contributed by atoms with Gasteiger partial charge in [-0.1, -0.05) is 25.7 Å². The Bertz CT molecular complexity index is 1200. The van der Waals surface area contributed by atoms with Crippen molar-refractivity contribution < 1.29 is 28.6 Å². The maximum Gasteiger partial charge on any atom is 0.410 e. The maximum atomic E-state index is 13.4. The molecule has 2 aromatic rings. The number of aromatic nitrogens is 1. The average molecular weight is 559 g/mol. The molecular formula is C28H42N4O6Si. The van der Waals surface area contributed by atoms with Crippen molar-refractivity contribution >= 4 is 42.7 Å². The van der Waals surface area contributed by atoms with Crippen molar-refractivity contribution in [1.29, 1.82) is 0 Å². The Kier molecular flexibility index (Phi) is 8.72. The van der Waals surface area contributed by atoms with Crippen LogP contribution in [0.25, 0.3) is 10.9 Å². The second-order valence-corrected chi connectivity index (χ2v) is 18.1. The summed E-state index contributed by atoms with van der Waals surface area (Å²) in [5, 5.41) is 0.916. The lowest BCUT2D eigenvalue weighted by Gasteiger charge is -2.35. The first-order valence-electron chi connectivity index (χ1n) is 13.7. The summed E-state index contributed by atoms with van der Waals surface area (Å²) >= 11 is 0. The normalized spacial score (nSPS) is 19.2. The van der Waals surface area contributed by atoms with Gasteiger partial charge in [0.1, 0.15) is 12.3 Å². The zero-order chi connectivity index (χ0) is 28.4. The van der Waals surface area contributed by atoms with Crippen molar-refractivity contribution in [2.45, 2.75) is 71.1 Å². The van der Waals surface area contributed by atoms with Crippen LogP contribution in [0.15, 0.2) is 30.5 Å². The number of fused-ring (bicyclic) bond motifs is 1. The van der Waals surface area contributed by atoms with Crippen molar-refractivity contribution in [1.82, 2.24) is 14.4 Å². The van der Waals surface area contributed by atoms with Gasteiger partial charge in [-0.25, -0.2) is 14.5 Å². The molecule has 2 saturated heterocycles. The fraction of sp³-hybridized carbons (Fsp3) is 0.607. The molecule has 0 bridgehead atoms. The second kappa shape index (κ2) is 11.7. The Morgan fingerprint density at radius 3 is 2.62 bits per heavy atom. The van der Waals surface area contributed by atoms with Gasteiger partial charge in [0.25, 0.3) is 0 Å². The molecule has 11 heteroatoms. The van der Waals surface area contributed by atoms with E-state index in [1.54, 1.807) is 9.80 Å². The lowest BCUT2D eigenvalue weighted by Crippen LogP contribution is -2.53. The topological polar surface area (TPSA) is 93.5 Å². The van der Waals surface area contributed by atoms with E-state index in [4.69, 9.17) is 14.2 Å². The van der Waals surface area contributed by atoms with Gasteiger partial charge in [0.15, 0.2) is 0 Å². The van der Waals surface area contributed by atoms with Crippen LogP contribution in [0.5, 0.6) is 0 Å². The van der Waals surface area contributed by atoms with Crippen molar-refractivity contribution in [3.63, 3.8) is 0 Å². The first-order valence-corrected chi connectivity index (χ1v) is 17.4. The SMILES string of the molecule is CC(C)(C)OC(=O)N1CCO[C@@H](Cn2ccc3c(N4CCC(=O)N(COCC[Si](C)(C)C)C4=O)cccc32)C1. The summed E-state index contributed by atoms with van der Waals surface area (Å²) in [4.78, 5) is 43.1. The maximum absolute atomic E-state index is 13.4. The summed E-state index contributed by atoms with van der Waals surface area (Å²) in [6, 6.07) is 8.43. The molecule has 1 atom stereocenters. The number of carbonyl (C=O) groups excluding carboxylic acids is 3. The van der Waals surface area contributed by atoms with Crippen molar-refractivity contribution in [2.75, 3.05) is 44.5 Å². The molecule has 214 valence electrons. The molecule has 4 rings (SSSR count). The van der Waals surface area contributed by atoms with Gasteiger partial charge in [0.2, 0.25) is 5.91 Å². The molecule has 2 aliphatic rings. The molecule has 3 heterocycles. The lowest BCUT2D eigenvalue weighted by atomic mass is 10.1. The van der Waals surface area contributed by atoms with E-state index in [0.29, 0.717) is 39.4 Å². The number of anilines is 1. The van der Waals surface area contributed by atoms with Crippen molar-refractivity contribution in [2.24, 2.45) is 0 Å². The molecule has 1 aromatic heterocycles. The van der Waals surface area contributed by atoms with Crippen molar-refractivity contribution in [3.05, 3.63) is 30.5 Å². The van der Waals surface area contributed by atoms with E-state index in [1.807, 2.05) is 51.2 Å². The van der Waals surface area contributed by atoms with Gasteiger partial charge >= 0.3 is 12.1 Å². The first-order chi connectivity index (χ1) is 18.3. The summed E-state index contributed by atoms with van der Waals surface area (Å²) in [7, 11) is -1.27. The van der Waals surface area contributed by atoms with Crippen LogP contribution in [0.2, 0.25) is 25.7 Å². The number of hydrogen-bond acceptors (Lipinski definition) is 6. The fourth-order valence-corrected chi connectivity index (χ4v) is 5.48. The minimum Gasteiger partial charge on any atom is -0.444 e. The highest BCUT2D eigenvalue weighted by Crippen LogP contribution is 2.31. The highest BCUT2D eigenvalue weighted by molar-refractivity contribution is 6.76. The zero-order valence-electron chi connectivity index (χ0n) is 24.1. The van der Waals surface area contributed by atoms with Crippen LogP contribution in [-0.4, -0.2) is 91.8 Å². The minimum absolute atomic E-state index is 0.0250. The third-order valence-electron chi connectivity index (χ3n) is 6.80. The summed E-state index contributed by atoms with van der Waals surface area (Å²) in [6.07, 6.45) is 1.70. The monoisotopic (exact) mass is 558 g/mol. The van der Waals surface area contributed by atoms with E-state index >= 15 is 0 Å². The van der Waals surface area contributed by atoms with Gasteiger partial charge in [0, 0.05) is 45.8 Å². The Hall–Kier alpha value is -2.89. The third-order valence-corrected chi connectivity index (χ3v) is 8.51. The quantitative estimate of drug-likeness (QED) is 0.343. The lowest BCUT2D eigenvalue weighted by molar-refractivity contribution is -0.133. The van der Waals surface area contributed by atoms with E-state index < -0.39 is 13.7 Å². The van der Waals surface area contributed by atoms with E-state index in [2.05, 4.69) is 24.2 Å². The molecule has 0 saturated carbocycles. The molecule has 10 nitrogen and oxygen atoms in total. The average Bonchev–Trinajstić information content (AvgIpc) is 3.25. The predicted octanol–water partition coefficient (Wildman–Crippen LogP) is 4.75. The van der Waals surface area contributed by atoms with Gasteiger partial charge in [-0.15, -0.1) is 0 Å². The molecule has 2 fully saturated rings. The number of ether oxygens (including phenoxy) is 3. The van der Waals surface area contributed by atoms with E-state index in [0.717, 1.165) is 22.6 Å². The Morgan fingerprint density at radius 1 is 1.13 bits per heavy atom. The molecular weight excluding hydrogens is 516 g/mol. The van der Waals surface area contributed by atoms with Gasteiger partial charge in [-0.05, 0) is 45.0 Å². The van der Waals surface area contributed by atoms with Crippen LogP contribution in [0.4, 0.5) is 15.3 Å². The standard InChI is InChI=1S/C28H42N4O6Si/c1-28(2,3)38-27(35)30-14-15-37-21(19-30)18-29-12-10-22-23(29)8-7-9-24(22)31-13-11-25(33)32(26(31)34)20-36-16-17-39(4,5)6/h7-10,12,21H,11,13-20H2,1-6H3/t21-/m0/s1. The van der Waals surface area contributed by atoms with Gasteiger partial charge in [-0.2, -0.15) is 0 Å². The van der Waals surface area contributed by atoms with Gasteiger partial charge in [-0.3, -0.25) is 9.69 Å². The number of hydrogen-bond donors (Lipinski definition) is 0. The number of imide groups is 1. The van der Waals surface area contributed by atoms with Gasteiger partial charge < -0.3 is 23.7 Å². The van der Waals surface area contributed by atoms with Crippen LogP contribution >= 0.6 is 0 Å². The summed E-state index contributed by atoms with van der Waals surface area (Å²) in [5.74, 6) is -0.210. The molecule has 0 aliphatic carbocycles. The molecule has 0 unspecified atom stereocenters. The van der Waals surface area contributed by atoms with Gasteiger partial charge in [0.05, 0.1) is 37.0 Å². The molecule has 0 spiro atoms. The smallest absolute Gasteiger partial charge is 0.410 e. The second-order valence-electron chi connectivity index (χ2n) is 12.5. The summed E-state index contributed by atoms with van der Waals surface area (Å²) in [6.45, 7) is 15.1. The number of amides is 4. The van der Waals surface area contributed by atoms with E-state index in [1.165, 1.54) is 4.90 Å². The highest BCUT2D eigenvalue weighted by atomic mass is 28.3. The highest BCUT2D eigenvalue weighted by Gasteiger charge is 2.34. The molecule has 0 radical (unpaired) electrons. The fourth-order valence-electron chi connectivity index (χ4n) is 4.72. The molecule has 2 aliphatic heterocycles. The summed E-state index contributed by atoms with van der Waals surface area (Å²) in [5.41, 5.74) is 1.16. The Morgan fingerprint density at radius 2 is 1.90 bits per heavy atom. The zero-order valence-corrected chi connectivity index (χ0v) is 25.1. The van der Waals surface area contributed by atoms with Crippen LogP contribution in [0.1, 0.15) is 27.2 Å². The number of urea groups is 1. The van der Waals surface area contributed by atoms with Crippen LogP contribution < -0.4 is 4.90 Å². The molecule has 1 aromatic carbocycles. The van der Waals surface area contributed by atoms with E-state index in [-0.39, 0.29) is 37.3 Å². The number of rotatable bonds is 8. The van der Waals surface area contributed by atoms with E-state index in [9.17, 15) is 14.4 Å². The van der Waals surface area contributed by atoms with Crippen LogP contribution in [0, 0.1) is 0 Å². The molecule has 39 heavy (non-hydrogen) atoms. The number of nitrogens with zero attached hydrogens (tertiary/aromatic N) is 4. The largest absolute Gasteiger partial charge is 0.444 e. The number of carbonyl (C=O) groups is 3. The Labute approximate surface area is 231 Å². The minimum atomic E-state index is -1.27. The third kappa shape index (κ3) is 7.40. The molecule has 4 amide bonds. The van der Waals surface area contributed by atoms with Crippen molar-refractivity contribution in [3.8, 4) is 0 Å². The van der Waals surface area contributed by atoms with Crippen LogP contribution in [-0.2, 0) is 25.5 Å². The Balaban J connectivity index is 1.45. The first kappa shape index (κ1) is 29.1. The number of benzene rings is 1. The molecule has 0 N–H and O–H groups in total. The number of morpholine rings is 1.